The number of hydrogen-bond acceptors (Lipinski definition) is 3. The zero-order valence-electron chi connectivity index (χ0n) is 16.8. The number of benzene rings is 3. The summed E-state index contributed by atoms with van der Waals surface area (Å²) in [6.07, 6.45) is 0. The molecule has 146 valence electrons. The largest absolute Gasteiger partial charge is 0.497 e. The van der Waals surface area contributed by atoms with Gasteiger partial charge in [-0.25, -0.2) is 0 Å². The molecule has 0 saturated carbocycles. The van der Waals surface area contributed by atoms with Gasteiger partial charge in [-0.1, -0.05) is 48.5 Å². The average Bonchev–Trinajstić information content (AvgIpc) is 2.98. The van der Waals surface area contributed by atoms with Crippen molar-refractivity contribution in [2.75, 3.05) is 12.0 Å². The van der Waals surface area contributed by atoms with Crippen LogP contribution in [0.15, 0.2) is 78.5 Å². The van der Waals surface area contributed by atoms with Crippen LogP contribution in [0.3, 0.4) is 0 Å². The van der Waals surface area contributed by atoms with Crippen molar-refractivity contribution in [3.63, 3.8) is 0 Å². The Labute approximate surface area is 171 Å². The van der Waals surface area contributed by atoms with Gasteiger partial charge in [0.15, 0.2) is 0 Å². The topological polar surface area (TPSA) is 55.6 Å². The summed E-state index contributed by atoms with van der Waals surface area (Å²) in [5.41, 5.74) is 12.6. The van der Waals surface area contributed by atoms with E-state index in [1.165, 1.54) is 0 Å². The Hall–Kier alpha value is -3.53. The summed E-state index contributed by atoms with van der Waals surface area (Å²) < 4.78 is 5.25. The van der Waals surface area contributed by atoms with Gasteiger partial charge in [0.1, 0.15) is 11.8 Å². The molecular weight excluding hydrogens is 360 g/mol. The van der Waals surface area contributed by atoms with Crippen molar-refractivity contribution in [2.45, 2.75) is 19.9 Å². The van der Waals surface area contributed by atoms with Gasteiger partial charge in [-0.2, -0.15) is 0 Å². The smallest absolute Gasteiger partial charge is 0.261 e. The maximum absolute atomic E-state index is 13.6. The van der Waals surface area contributed by atoms with Crippen molar-refractivity contribution in [3.8, 4) is 5.75 Å². The van der Waals surface area contributed by atoms with Crippen LogP contribution in [0.1, 0.15) is 28.3 Å². The van der Waals surface area contributed by atoms with Crippen LogP contribution in [-0.2, 0) is 4.79 Å². The lowest BCUT2D eigenvalue weighted by Crippen LogP contribution is -2.31. The Balaban J connectivity index is 1.88. The predicted octanol–water partition coefficient (Wildman–Crippen LogP) is 4.77. The maximum Gasteiger partial charge on any atom is 0.261 e. The number of rotatable bonds is 4. The summed E-state index contributed by atoms with van der Waals surface area (Å²) in [7, 11) is 1.62. The van der Waals surface area contributed by atoms with Crippen molar-refractivity contribution in [2.24, 2.45) is 5.73 Å². The zero-order valence-corrected chi connectivity index (χ0v) is 16.8. The summed E-state index contributed by atoms with van der Waals surface area (Å²) in [5.74, 6) is 0.649. The first-order valence-electron chi connectivity index (χ1n) is 9.60. The summed E-state index contributed by atoms with van der Waals surface area (Å²) in [5, 5.41) is 0. The van der Waals surface area contributed by atoms with E-state index in [1.54, 1.807) is 7.11 Å². The molecule has 1 amide bonds. The molecule has 0 spiro atoms. The number of methoxy groups -OCH3 is 1. The lowest BCUT2D eigenvalue weighted by atomic mass is 10.00. The van der Waals surface area contributed by atoms with Gasteiger partial charge in [-0.3, -0.25) is 9.69 Å². The Morgan fingerprint density at radius 1 is 0.897 bits per heavy atom. The monoisotopic (exact) mass is 384 g/mol. The Morgan fingerprint density at radius 3 is 2.10 bits per heavy atom. The zero-order chi connectivity index (χ0) is 20.5. The first kappa shape index (κ1) is 18.8. The van der Waals surface area contributed by atoms with E-state index in [9.17, 15) is 4.79 Å². The molecule has 3 aromatic carbocycles. The van der Waals surface area contributed by atoms with Crippen molar-refractivity contribution in [3.05, 3.63) is 101 Å². The van der Waals surface area contributed by atoms with Gasteiger partial charge >= 0.3 is 0 Å². The van der Waals surface area contributed by atoms with Crippen molar-refractivity contribution in [1.82, 2.24) is 0 Å². The quantitative estimate of drug-likeness (QED) is 0.705. The minimum Gasteiger partial charge on any atom is -0.497 e. The molecule has 0 aliphatic carbocycles. The highest BCUT2D eigenvalue weighted by molar-refractivity contribution is 6.30. The van der Waals surface area contributed by atoms with Crippen LogP contribution >= 0.6 is 0 Å². The van der Waals surface area contributed by atoms with E-state index in [2.05, 4.69) is 6.07 Å². The van der Waals surface area contributed by atoms with Gasteiger partial charge in [0.05, 0.1) is 12.7 Å². The van der Waals surface area contributed by atoms with Crippen LogP contribution in [-0.4, -0.2) is 13.0 Å². The number of nitrogens with two attached hydrogens (primary N) is 1. The second kappa shape index (κ2) is 7.47. The molecular formula is C25H24N2O2. The third-order valence-electron chi connectivity index (χ3n) is 5.25. The lowest BCUT2D eigenvalue weighted by Gasteiger charge is -2.27. The Kier molecular flexibility index (Phi) is 4.85. The van der Waals surface area contributed by atoms with E-state index in [1.807, 2.05) is 85.5 Å². The third-order valence-corrected chi connectivity index (χ3v) is 5.25. The van der Waals surface area contributed by atoms with E-state index >= 15 is 0 Å². The van der Waals surface area contributed by atoms with Gasteiger partial charge in [0.2, 0.25) is 0 Å². The highest BCUT2D eigenvalue weighted by Crippen LogP contribution is 2.42. The second-order valence-corrected chi connectivity index (χ2v) is 7.39. The van der Waals surface area contributed by atoms with E-state index in [4.69, 9.17) is 10.5 Å². The van der Waals surface area contributed by atoms with Gasteiger partial charge in [-0.15, -0.1) is 0 Å². The molecule has 4 heteroatoms. The van der Waals surface area contributed by atoms with E-state index in [0.717, 1.165) is 33.7 Å². The molecule has 2 N–H and O–H groups in total. The summed E-state index contributed by atoms with van der Waals surface area (Å²) >= 11 is 0. The highest BCUT2D eigenvalue weighted by atomic mass is 16.5. The Morgan fingerprint density at radius 2 is 1.52 bits per heavy atom. The normalized spacial score (nSPS) is 16.4. The number of ether oxygens (including phenoxy) is 1. The number of carbonyl (C=O) groups excluding carboxylic acids is 1. The third kappa shape index (κ3) is 3.38. The van der Waals surface area contributed by atoms with Crippen LogP contribution in [0.25, 0.3) is 5.57 Å². The maximum atomic E-state index is 13.6. The van der Waals surface area contributed by atoms with Gasteiger partial charge in [-0.05, 0) is 60.4 Å². The minimum atomic E-state index is -0.345. The number of amides is 1. The van der Waals surface area contributed by atoms with E-state index in [-0.39, 0.29) is 11.9 Å². The number of hydrogen-bond donors (Lipinski definition) is 1. The molecule has 0 saturated heterocycles. The lowest BCUT2D eigenvalue weighted by molar-refractivity contribution is -0.113. The summed E-state index contributed by atoms with van der Waals surface area (Å²) in [6, 6.07) is 23.2. The number of carbonyl (C=O) groups is 1. The van der Waals surface area contributed by atoms with Crippen LogP contribution in [0.2, 0.25) is 0 Å². The molecule has 3 aromatic rings. The van der Waals surface area contributed by atoms with Crippen molar-refractivity contribution < 1.29 is 9.53 Å². The molecule has 4 nitrogen and oxygen atoms in total. The van der Waals surface area contributed by atoms with Crippen molar-refractivity contribution in [1.29, 1.82) is 0 Å². The molecule has 29 heavy (non-hydrogen) atoms. The van der Waals surface area contributed by atoms with Crippen LogP contribution in [0.4, 0.5) is 5.69 Å². The van der Waals surface area contributed by atoms with Crippen molar-refractivity contribution >= 4 is 17.2 Å². The molecule has 1 unspecified atom stereocenters. The fourth-order valence-electron chi connectivity index (χ4n) is 4.00. The first-order valence-corrected chi connectivity index (χ1v) is 9.60. The molecule has 1 aliphatic rings. The fraction of sp³-hybridized carbons (Fsp3) is 0.160. The number of nitrogens with zero attached hydrogens (tertiary/aromatic N) is 1. The highest BCUT2D eigenvalue weighted by Gasteiger charge is 2.40. The molecule has 0 bridgehead atoms. The van der Waals surface area contributed by atoms with Crippen LogP contribution in [0.5, 0.6) is 5.75 Å². The predicted molar refractivity (Wildman–Crippen MR) is 117 cm³/mol. The molecule has 1 heterocycles. The SMILES string of the molecule is COc1ccc(C2=C(N)C(c3ccccc3)N(c3cc(C)cc(C)c3)C2=O)cc1. The molecule has 1 aliphatic heterocycles. The molecule has 4 rings (SSSR count). The average molecular weight is 384 g/mol. The van der Waals surface area contributed by atoms with Gasteiger partial charge < -0.3 is 10.5 Å². The fourth-order valence-corrected chi connectivity index (χ4v) is 4.00. The molecule has 0 radical (unpaired) electrons. The number of aryl methyl sites for hydroxylation is 2. The molecule has 0 fully saturated rings. The molecule has 1 atom stereocenters. The summed E-state index contributed by atoms with van der Waals surface area (Å²) in [4.78, 5) is 15.4. The number of anilines is 1. The van der Waals surface area contributed by atoms with E-state index in [0.29, 0.717) is 11.3 Å². The molecule has 0 aromatic heterocycles. The standard InChI is InChI=1S/C25H24N2O2/c1-16-13-17(2)15-20(14-16)27-24(19-7-5-4-6-8-19)23(26)22(25(27)28)18-9-11-21(29-3)12-10-18/h4-15,24H,26H2,1-3H3. The summed E-state index contributed by atoms with van der Waals surface area (Å²) in [6.45, 7) is 4.07. The van der Waals surface area contributed by atoms with Gasteiger partial charge in [0.25, 0.3) is 5.91 Å². The van der Waals surface area contributed by atoms with E-state index < -0.39 is 0 Å². The minimum absolute atomic E-state index is 0.0912. The first-order chi connectivity index (χ1) is 14.0. The Bertz CT molecular complexity index is 1070. The van der Waals surface area contributed by atoms with Gasteiger partial charge in [0, 0.05) is 11.4 Å². The van der Waals surface area contributed by atoms with Crippen LogP contribution < -0.4 is 15.4 Å². The second-order valence-electron chi connectivity index (χ2n) is 7.39. The van der Waals surface area contributed by atoms with Crippen LogP contribution in [0, 0.1) is 13.8 Å².